The summed E-state index contributed by atoms with van der Waals surface area (Å²) in [6.45, 7) is 9.68. The SMILES string of the molecule is C=C(/C=C\C(=C)C(=O)N1CCOCC1)NC(=O)/C(N)=C/C1=N/C(c2ccc(OC)c(OC)c2)=C\C=C/CC1. The lowest BCUT2D eigenvalue weighted by molar-refractivity contribution is -0.130. The number of benzene rings is 1. The van der Waals surface area contributed by atoms with Crippen LogP contribution in [0.1, 0.15) is 18.4 Å². The Morgan fingerprint density at radius 2 is 1.87 bits per heavy atom. The standard InChI is InChI=1S/C29H34N4O5/c1-20(29(35)33-14-16-38-17-15-33)10-11-21(2)31-28(34)24(30)19-23-8-6-5-7-9-25(32-23)22-12-13-26(36-3)27(18-22)37-4/h5,7,9-13,18-19H,1-2,6,8,14-17,30H2,3-4H3,(H,31,34)/b7-5-,11-10-,24-19-,25-9-,32-23+. The summed E-state index contributed by atoms with van der Waals surface area (Å²) in [6, 6.07) is 5.54. The Bertz CT molecular complexity index is 1230. The smallest absolute Gasteiger partial charge is 0.271 e. The molecule has 9 heteroatoms. The van der Waals surface area contributed by atoms with Gasteiger partial charge < -0.3 is 30.2 Å². The molecule has 3 N–H and O–H groups in total. The van der Waals surface area contributed by atoms with Crippen LogP contribution in [0.2, 0.25) is 0 Å². The van der Waals surface area contributed by atoms with Gasteiger partial charge in [0, 0.05) is 35.6 Å². The Morgan fingerprint density at radius 3 is 2.58 bits per heavy atom. The summed E-state index contributed by atoms with van der Waals surface area (Å²) in [6.07, 6.45) is 11.8. The maximum absolute atomic E-state index is 12.7. The summed E-state index contributed by atoms with van der Waals surface area (Å²) in [5.74, 6) is 0.495. The van der Waals surface area contributed by atoms with Crippen LogP contribution in [0.3, 0.4) is 0 Å². The largest absolute Gasteiger partial charge is 0.493 e. The van der Waals surface area contributed by atoms with E-state index in [0.717, 1.165) is 12.0 Å². The van der Waals surface area contributed by atoms with Crippen molar-refractivity contribution in [1.29, 1.82) is 0 Å². The highest BCUT2D eigenvalue weighted by Crippen LogP contribution is 2.31. The molecule has 0 atom stereocenters. The van der Waals surface area contributed by atoms with E-state index in [1.165, 1.54) is 12.2 Å². The minimum absolute atomic E-state index is 0.0160. The fourth-order valence-electron chi connectivity index (χ4n) is 3.74. The first-order chi connectivity index (χ1) is 18.3. The Labute approximate surface area is 223 Å². The molecule has 0 aromatic heterocycles. The molecule has 1 aromatic carbocycles. The number of methoxy groups -OCH3 is 2. The number of carbonyl (C=O) groups excluding carboxylic acids is 2. The summed E-state index contributed by atoms with van der Waals surface area (Å²) in [5, 5.41) is 2.63. The van der Waals surface area contributed by atoms with E-state index in [4.69, 9.17) is 24.9 Å². The zero-order valence-corrected chi connectivity index (χ0v) is 21.9. The number of nitrogens with zero attached hydrogens (tertiary/aromatic N) is 2. The van der Waals surface area contributed by atoms with Gasteiger partial charge in [-0.3, -0.25) is 14.6 Å². The average molecular weight is 519 g/mol. The molecule has 2 amide bonds. The fraction of sp³-hybridized carbons (Fsp3) is 0.276. The highest BCUT2D eigenvalue weighted by atomic mass is 16.5. The molecule has 0 spiro atoms. The van der Waals surface area contributed by atoms with Crippen molar-refractivity contribution >= 4 is 23.2 Å². The molecule has 38 heavy (non-hydrogen) atoms. The third-order valence-corrected chi connectivity index (χ3v) is 5.82. The predicted molar refractivity (Wildman–Crippen MR) is 149 cm³/mol. The minimum atomic E-state index is -0.526. The minimum Gasteiger partial charge on any atom is -0.493 e. The number of allylic oxidation sites excluding steroid dienone is 5. The van der Waals surface area contributed by atoms with Gasteiger partial charge >= 0.3 is 0 Å². The van der Waals surface area contributed by atoms with Crippen LogP contribution >= 0.6 is 0 Å². The molecule has 0 radical (unpaired) electrons. The van der Waals surface area contributed by atoms with Gasteiger partial charge in [-0.1, -0.05) is 25.3 Å². The zero-order valence-electron chi connectivity index (χ0n) is 21.9. The van der Waals surface area contributed by atoms with Gasteiger partial charge in [-0.15, -0.1) is 0 Å². The van der Waals surface area contributed by atoms with Gasteiger partial charge in [0.05, 0.1) is 38.8 Å². The van der Waals surface area contributed by atoms with Gasteiger partial charge in [0.25, 0.3) is 11.8 Å². The molecule has 3 rings (SSSR count). The van der Waals surface area contributed by atoms with Crippen LogP contribution in [0.5, 0.6) is 11.5 Å². The summed E-state index contributed by atoms with van der Waals surface area (Å²) >= 11 is 0. The quantitative estimate of drug-likeness (QED) is 0.383. The Balaban J connectivity index is 1.68. The monoisotopic (exact) mass is 518 g/mol. The summed E-state index contributed by atoms with van der Waals surface area (Å²) in [5.41, 5.74) is 8.81. The van der Waals surface area contributed by atoms with Crippen LogP contribution in [0.4, 0.5) is 0 Å². The number of aliphatic imine (C=N–C) groups is 1. The molecule has 200 valence electrons. The molecule has 2 aliphatic rings. The van der Waals surface area contributed by atoms with Gasteiger partial charge in [-0.25, -0.2) is 0 Å². The van der Waals surface area contributed by atoms with Gasteiger partial charge in [-0.05, 0) is 55.3 Å². The molecule has 1 aromatic rings. The molecule has 1 fully saturated rings. The van der Waals surface area contributed by atoms with E-state index in [2.05, 4.69) is 18.5 Å². The number of ether oxygens (including phenoxy) is 3. The van der Waals surface area contributed by atoms with Crippen molar-refractivity contribution in [2.45, 2.75) is 12.8 Å². The average Bonchev–Trinajstić information content (AvgIpc) is 2.92. The third kappa shape index (κ3) is 7.81. The number of hydrogen-bond acceptors (Lipinski definition) is 7. The van der Waals surface area contributed by atoms with Crippen LogP contribution < -0.4 is 20.5 Å². The lowest BCUT2D eigenvalue weighted by Crippen LogP contribution is -2.41. The molecule has 2 heterocycles. The summed E-state index contributed by atoms with van der Waals surface area (Å²) in [7, 11) is 3.15. The molecule has 9 nitrogen and oxygen atoms in total. The lowest BCUT2D eigenvalue weighted by atomic mass is 10.1. The van der Waals surface area contributed by atoms with Crippen molar-refractivity contribution in [1.82, 2.24) is 10.2 Å². The first kappa shape index (κ1) is 28.2. The van der Waals surface area contributed by atoms with Crippen molar-refractivity contribution in [3.05, 3.63) is 90.3 Å². The lowest BCUT2D eigenvalue weighted by Gasteiger charge is -2.26. The molecule has 0 unspecified atom stereocenters. The second kappa shape index (κ2) is 13.8. The summed E-state index contributed by atoms with van der Waals surface area (Å²) < 4.78 is 16.0. The highest BCUT2D eigenvalue weighted by Gasteiger charge is 2.18. The predicted octanol–water partition coefficient (Wildman–Crippen LogP) is 3.28. The number of carbonyl (C=O) groups is 2. The molecular formula is C29H34N4O5. The molecule has 0 saturated carbocycles. The number of nitrogens with one attached hydrogen (secondary N) is 1. The number of morpholine rings is 1. The number of nitrogens with two attached hydrogens (primary N) is 1. The molecule has 2 aliphatic heterocycles. The third-order valence-electron chi connectivity index (χ3n) is 5.82. The van der Waals surface area contributed by atoms with Crippen molar-refractivity contribution in [2.24, 2.45) is 10.7 Å². The van der Waals surface area contributed by atoms with E-state index in [9.17, 15) is 9.59 Å². The zero-order chi connectivity index (χ0) is 27.5. The van der Waals surface area contributed by atoms with Gasteiger partial charge in [-0.2, -0.15) is 0 Å². The van der Waals surface area contributed by atoms with Crippen LogP contribution in [0.15, 0.2) is 89.8 Å². The van der Waals surface area contributed by atoms with E-state index < -0.39 is 5.91 Å². The number of amides is 2. The van der Waals surface area contributed by atoms with Crippen molar-refractivity contribution in [3.8, 4) is 11.5 Å². The second-order valence-electron chi connectivity index (χ2n) is 8.53. The topological polar surface area (TPSA) is 115 Å². The van der Waals surface area contributed by atoms with Crippen molar-refractivity contribution in [2.75, 3.05) is 40.5 Å². The Morgan fingerprint density at radius 1 is 1.13 bits per heavy atom. The van der Waals surface area contributed by atoms with Crippen molar-refractivity contribution in [3.63, 3.8) is 0 Å². The summed E-state index contributed by atoms with van der Waals surface area (Å²) in [4.78, 5) is 31.6. The molecule has 0 bridgehead atoms. The van der Waals surface area contributed by atoms with E-state index in [1.807, 2.05) is 36.4 Å². The Kier molecular flexibility index (Phi) is 10.2. The van der Waals surface area contributed by atoms with Crippen LogP contribution in [-0.2, 0) is 14.3 Å². The number of hydrogen-bond donors (Lipinski definition) is 2. The maximum Gasteiger partial charge on any atom is 0.271 e. The molecule has 0 aliphatic carbocycles. The van der Waals surface area contributed by atoms with E-state index in [-0.39, 0.29) is 22.9 Å². The van der Waals surface area contributed by atoms with E-state index in [0.29, 0.717) is 55.6 Å². The molecule has 1 saturated heterocycles. The van der Waals surface area contributed by atoms with E-state index >= 15 is 0 Å². The second-order valence-corrected chi connectivity index (χ2v) is 8.53. The fourth-order valence-corrected chi connectivity index (χ4v) is 3.74. The highest BCUT2D eigenvalue weighted by molar-refractivity contribution is 6.06. The van der Waals surface area contributed by atoms with Crippen molar-refractivity contribution < 1.29 is 23.8 Å². The van der Waals surface area contributed by atoms with E-state index in [1.54, 1.807) is 25.2 Å². The Hall–Kier alpha value is -4.37. The van der Waals surface area contributed by atoms with Crippen LogP contribution in [0, 0.1) is 0 Å². The molecular weight excluding hydrogens is 484 g/mol. The maximum atomic E-state index is 12.7. The van der Waals surface area contributed by atoms with Gasteiger partial charge in [0.1, 0.15) is 0 Å². The normalized spacial score (nSPS) is 19.7. The van der Waals surface area contributed by atoms with Crippen LogP contribution in [0.25, 0.3) is 5.70 Å². The van der Waals surface area contributed by atoms with Gasteiger partial charge in [0.2, 0.25) is 0 Å². The van der Waals surface area contributed by atoms with Gasteiger partial charge in [0.15, 0.2) is 11.5 Å². The first-order valence-corrected chi connectivity index (χ1v) is 12.2. The van der Waals surface area contributed by atoms with Crippen LogP contribution in [-0.4, -0.2) is 62.9 Å². The first-order valence-electron chi connectivity index (χ1n) is 12.2. The number of rotatable bonds is 9.